The van der Waals surface area contributed by atoms with Gasteiger partial charge in [0.05, 0.1) is 11.6 Å². The Morgan fingerprint density at radius 3 is 3.00 bits per heavy atom. The lowest BCUT2D eigenvalue weighted by Crippen LogP contribution is -2.18. The number of halogens is 1. The molecule has 0 spiro atoms. The molecule has 98 valence electrons. The summed E-state index contributed by atoms with van der Waals surface area (Å²) in [5, 5.41) is 6.27. The first-order valence-corrected chi connectivity index (χ1v) is 5.86. The van der Waals surface area contributed by atoms with Gasteiger partial charge in [-0.15, -0.1) is 10.0 Å². The van der Waals surface area contributed by atoms with Crippen LogP contribution in [0.4, 0.5) is 4.39 Å². The summed E-state index contributed by atoms with van der Waals surface area (Å²) in [6.45, 7) is 3.84. The van der Waals surface area contributed by atoms with Crippen LogP contribution in [0, 0.1) is 10.9 Å². The van der Waals surface area contributed by atoms with Crippen LogP contribution in [0.25, 0.3) is 5.65 Å². The van der Waals surface area contributed by atoms with E-state index >= 15 is 0 Å². The van der Waals surface area contributed by atoms with E-state index in [1.165, 1.54) is 16.8 Å². The summed E-state index contributed by atoms with van der Waals surface area (Å²) in [7, 11) is 0. The highest BCUT2D eigenvalue weighted by molar-refractivity contribution is 5.85. The van der Waals surface area contributed by atoms with Crippen molar-refractivity contribution in [1.82, 2.24) is 14.6 Å². The first kappa shape index (κ1) is 11.9. The van der Waals surface area contributed by atoms with Gasteiger partial charge in [-0.1, -0.05) is 13.8 Å². The lowest BCUT2D eigenvalue weighted by molar-refractivity contribution is -0.119. The standard InChI is InChI=1S/C12H11FN4O2/c1-12(2)4-6(11(18)16-19)7-5-14-9-3-8(13)15-17(9)10(7)12/h3,5-6H,4H2,1-2H3. The van der Waals surface area contributed by atoms with Crippen molar-refractivity contribution in [1.29, 1.82) is 0 Å². The number of carbonyl (C=O) groups excluding carboxylic acids is 1. The zero-order valence-corrected chi connectivity index (χ0v) is 10.4. The van der Waals surface area contributed by atoms with Crippen molar-refractivity contribution in [2.75, 3.05) is 0 Å². The monoisotopic (exact) mass is 262 g/mol. The van der Waals surface area contributed by atoms with Gasteiger partial charge < -0.3 is 0 Å². The van der Waals surface area contributed by atoms with Gasteiger partial charge >= 0.3 is 0 Å². The Balaban J connectivity index is 2.31. The molecule has 0 aliphatic heterocycles. The molecule has 1 atom stereocenters. The zero-order valence-electron chi connectivity index (χ0n) is 10.4. The number of carbonyl (C=O) groups is 1. The molecule has 0 radical (unpaired) electrons. The maximum atomic E-state index is 13.3. The van der Waals surface area contributed by atoms with E-state index < -0.39 is 23.2 Å². The molecule has 3 rings (SSSR count). The molecule has 0 N–H and O–H groups in total. The number of hydrogen-bond acceptors (Lipinski definition) is 4. The van der Waals surface area contributed by atoms with Crippen LogP contribution in [0.15, 0.2) is 17.4 Å². The molecule has 0 saturated heterocycles. The molecule has 0 bridgehead atoms. The van der Waals surface area contributed by atoms with Crippen molar-refractivity contribution in [3.8, 4) is 0 Å². The molecule has 1 amide bonds. The van der Waals surface area contributed by atoms with E-state index in [4.69, 9.17) is 0 Å². The number of fused-ring (bicyclic) bond motifs is 3. The third-order valence-electron chi connectivity index (χ3n) is 3.60. The van der Waals surface area contributed by atoms with Crippen LogP contribution < -0.4 is 0 Å². The smallest absolute Gasteiger partial charge is 0.268 e. The van der Waals surface area contributed by atoms with Gasteiger partial charge in [-0.05, 0) is 6.42 Å². The Morgan fingerprint density at radius 2 is 2.32 bits per heavy atom. The summed E-state index contributed by atoms with van der Waals surface area (Å²) < 4.78 is 14.7. The van der Waals surface area contributed by atoms with Crippen LogP contribution in [0.2, 0.25) is 0 Å². The van der Waals surface area contributed by atoms with Crippen molar-refractivity contribution in [3.05, 3.63) is 34.4 Å². The van der Waals surface area contributed by atoms with Crippen molar-refractivity contribution in [2.24, 2.45) is 5.18 Å². The van der Waals surface area contributed by atoms with Gasteiger partial charge in [0.25, 0.3) is 5.91 Å². The maximum Gasteiger partial charge on any atom is 0.293 e. The van der Waals surface area contributed by atoms with Crippen molar-refractivity contribution in [2.45, 2.75) is 31.6 Å². The number of nitroso groups, excluding NO2 is 1. The van der Waals surface area contributed by atoms with Crippen LogP contribution in [-0.2, 0) is 10.2 Å². The molecule has 0 aromatic carbocycles. The molecule has 6 nitrogen and oxygen atoms in total. The molecular formula is C12H11FN4O2. The molecule has 2 aromatic heterocycles. The second-order valence-corrected chi connectivity index (χ2v) is 5.37. The van der Waals surface area contributed by atoms with Crippen LogP contribution in [0.1, 0.15) is 37.4 Å². The molecule has 1 aliphatic rings. The fourth-order valence-electron chi connectivity index (χ4n) is 2.85. The molecule has 1 unspecified atom stereocenters. The average molecular weight is 262 g/mol. The lowest BCUT2D eigenvalue weighted by Gasteiger charge is -2.19. The van der Waals surface area contributed by atoms with E-state index in [0.717, 1.165) is 0 Å². The quantitative estimate of drug-likeness (QED) is 0.736. The van der Waals surface area contributed by atoms with Crippen LogP contribution >= 0.6 is 0 Å². The maximum absolute atomic E-state index is 13.3. The molecule has 0 fully saturated rings. The van der Waals surface area contributed by atoms with Gasteiger partial charge in [-0.25, -0.2) is 9.50 Å². The van der Waals surface area contributed by atoms with Gasteiger partial charge in [0, 0.05) is 28.4 Å². The van der Waals surface area contributed by atoms with E-state index in [9.17, 15) is 14.1 Å². The Bertz CT molecular complexity index is 707. The summed E-state index contributed by atoms with van der Waals surface area (Å²) in [5.74, 6) is -1.97. The van der Waals surface area contributed by atoms with E-state index in [2.05, 4.69) is 15.3 Å². The normalized spacial score (nSPS) is 20.5. The molecule has 2 heterocycles. The summed E-state index contributed by atoms with van der Waals surface area (Å²) in [6.07, 6.45) is 1.95. The number of amides is 1. The highest BCUT2D eigenvalue weighted by Gasteiger charge is 2.43. The van der Waals surface area contributed by atoms with Gasteiger partial charge in [-0.2, -0.15) is 4.39 Å². The van der Waals surface area contributed by atoms with E-state index in [0.29, 0.717) is 23.3 Å². The van der Waals surface area contributed by atoms with Gasteiger partial charge in [0.1, 0.15) is 0 Å². The number of rotatable bonds is 1. The summed E-state index contributed by atoms with van der Waals surface area (Å²) in [5.41, 5.74) is 1.30. The highest BCUT2D eigenvalue weighted by Crippen LogP contribution is 2.45. The van der Waals surface area contributed by atoms with E-state index in [1.807, 2.05) is 13.8 Å². The second-order valence-electron chi connectivity index (χ2n) is 5.37. The van der Waals surface area contributed by atoms with Gasteiger partial charge in [0.15, 0.2) is 5.65 Å². The predicted molar refractivity (Wildman–Crippen MR) is 64.1 cm³/mol. The molecule has 0 saturated carbocycles. The molecular weight excluding hydrogens is 251 g/mol. The van der Waals surface area contributed by atoms with Crippen molar-refractivity contribution in [3.63, 3.8) is 0 Å². The highest BCUT2D eigenvalue weighted by atomic mass is 19.1. The lowest BCUT2D eigenvalue weighted by atomic mass is 9.89. The van der Waals surface area contributed by atoms with Crippen LogP contribution in [0.5, 0.6) is 0 Å². The minimum atomic E-state index is -0.722. The van der Waals surface area contributed by atoms with E-state index in [1.54, 1.807) is 0 Å². The Kier molecular flexibility index (Phi) is 2.29. The summed E-state index contributed by atoms with van der Waals surface area (Å²) in [6, 6.07) is 1.23. The Labute approximate surface area is 107 Å². The largest absolute Gasteiger partial charge is 0.293 e. The summed E-state index contributed by atoms with van der Waals surface area (Å²) >= 11 is 0. The molecule has 2 aromatic rings. The topological polar surface area (TPSA) is 76.7 Å². The predicted octanol–water partition coefficient (Wildman–Crippen LogP) is 1.93. The van der Waals surface area contributed by atoms with Crippen molar-refractivity contribution >= 4 is 11.6 Å². The molecule has 19 heavy (non-hydrogen) atoms. The molecule has 7 heteroatoms. The second kappa shape index (κ2) is 3.66. The average Bonchev–Trinajstić information content (AvgIpc) is 2.85. The van der Waals surface area contributed by atoms with Gasteiger partial charge in [-0.3, -0.25) is 4.79 Å². The van der Waals surface area contributed by atoms with Gasteiger partial charge in [0.2, 0.25) is 5.95 Å². The Hall–Kier alpha value is -2.18. The third-order valence-corrected chi connectivity index (χ3v) is 3.60. The first-order valence-electron chi connectivity index (χ1n) is 5.86. The number of nitrogens with zero attached hydrogens (tertiary/aromatic N) is 4. The third kappa shape index (κ3) is 1.57. The van der Waals surface area contributed by atoms with Crippen molar-refractivity contribution < 1.29 is 9.18 Å². The van der Waals surface area contributed by atoms with E-state index in [-0.39, 0.29) is 0 Å². The van der Waals surface area contributed by atoms with Crippen LogP contribution in [-0.4, -0.2) is 20.5 Å². The first-order chi connectivity index (χ1) is 8.94. The van der Waals surface area contributed by atoms with Crippen LogP contribution in [0.3, 0.4) is 0 Å². The fraction of sp³-hybridized carbons (Fsp3) is 0.417. The number of aromatic nitrogens is 3. The Morgan fingerprint density at radius 1 is 1.58 bits per heavy atom. The zero-order chi connectivity index (χ0) is 13.8. The number of hydrogen-bond donors (Lipinski definition) is 0. The SMILES string of the molecule is CC1(C)CC(C(=O)N=O)c2cnc3cc(F)nn3c21. The summed E-state index contributed by atoms with van der Waals surface area (Å²) in [4.78, 5) is 26.1. The molecule has 1 aliphatic carbocycles. The minimum Gasteiger partial charge on any atom is -0.268 e. The fourth-order valence-corrected chi connectivity index (χ4v) is 2.85. The minimum absolute atomic E-state index is 0.386.